The van der Waals surface area contributed by atoms with Crippen LogP contribution in [0.15, 0.2) is 53.3 Å². The summed E-state index contributed by atoms with van der Waals surface area (Å²) in [5, 5.41) is 0. The Morgan fingerprint density at radius 2 is 1.82 bits per heavy atom. The first kappa shape index (κ1) is 18.2. The van der Waals surface area contributed by atoms with Crippen LogP contribution in [0.5, 0.6) is 0 Å². The number of carbonyl (C=O) groups is 2. The molecule has 1 aromatic carbocycles. The molecule has 0 bridgehead atoms. The number of benzene rings is 1. The predicted molar refractivity (Wildman–Crippen MR) is 102 cm³/mol. The number of likely N-dealkylation sites (N-methyl/N-ethyl adjacent to an activating group) is 1. The van der Waals surface area contributed by atoms with Crippen LogP contribution < -0.4 is 0 Å². The van der Waals surface area contributed by atoms with Crippen molar-refractivity contribution in [1.29, 1.82) is 0 Å². The lowest BCUT2D eigenvalue weighted by Crippen LogP contribution is -2.64. The monoisotopic (exact) mass is 383 g/mol. The standard InChI is InChI=1S/C20H22FN5O2/c1-5-10-24-12(2)13(3)26-16-17(22-19(24)26)23(4)20(28)25(18(16)27)11-14-6-8-15(21)9-7-14/h5-9,16-17H,1,10-11H2,2-4H3. The zero-order valence-corrected chi connectivity index (χ0v) is 16.1. The number of imide groups is 1. The molecule has 0 N–H and O–H groups in total. The van der Waals surface area contributed by atoms with Crippen LogP contribution in [0.2, 0.25) is 0 Å². The molecule has 0 aliphatic carbocycles. The molecular weight excluding hydrogens is 361 g/mol. The second kappa shape index (κ2) is 6.47. The van der Waals surface area contributed by atoms with E-state index in [2.05, 4.69) is 6.58 Å². The molecule has 28 heavy (non-hydrogen) atoms. The van der Waals surface area contributed by atoms with Gasteiger partial charge in [0.15, 0.2) is 12.2 Å². The van der Waals surface area contributed by atoms with E-state index in [1.165, 1.54) is 21.9 Å². The van der Waals surface area contributed by atoms with Crippen LogP contribution in [0.25, 0.3) is 0 Å². The summed E-state index contributed by atoms with van der Waals surface area (Å²) in [6.45, 7) is 8.38. The lowest BCUT2D eigenvalue weighted by atomic mass is 10.1. The summed E-state index contributed by atoms with van der Waals surface area (Å²) in [6, 6.07) is 4.78. The minimum absolute atomic E-state index is 0.0901. The molecular formula is C20H22FN5O2. The van der Waals surface area contributed by atoms with E-state index in [9.17, 15) is 14.0 Å². The Morgan fingerprint density at radius 1 is 1.14 bits per heavy atom. The summed E-state index contributed by atoms with van der Waals surface area (Å²) in [5.41, 5.74) is 2.63. The Bertz CT molecular complexity index is 923. The van der Waals surface area contributed by atoms with E-state index in [1.807, 2.05) is 23.6 Å². The number of halogens is 1. The summed E-state index contributed by atoms with van der Waals surface area (Å²) in [7, 11) is 1.65. The van der Waals surface area contributed by atoms with Crippen LogP contribution >= 0.6 is 0 Å². The molecule has 3 aliphatic heterocycles. The highest BCUT2D eigenvalue weighted by Crippen LogP contribution is 2.37. The zero-order valence-electron chi connectivity index (χ0n) is 16.1. The highest BCUT2D eigenvalue weighted by Gasteiger charge is 2.55. The molecule has 3 amide bonds. The van der Waals surface area contributed by atoms with E-state index < -0.39 is 18.2 Å². The van der Waals surface area contributed by atoms with Crippen LogP contribution in [0, 0.1) is 5.82 Å². The fraction of sp³-hybridized carbons (Fsp3) is 0.350. The quantitative estimate of drug-likeness (QED) is 0.749. The smallest absolute Gasteiger partial charge is 0.311 e. The molecule has 0 aromatic heterocycles. The minimum Gasteiger partial charge on any atom is -0.311 e. The number of carbonyl (C=O) groups excluding carboxylic acids is 2. The van der Waals surface area contributed by atoms with Gasteiger partial charge in [0.05, 0.1) is 6.54 Å². The third kappa shape index (κ3) is 2.51. The van der Waals surface area contributed by atoms with Crippen molar-refractivity contribution in [2.24, 2.45) is 4.99 Å². The van der Waals surface area contributed by atoms with Crippen molar-refractivity contribution in [3.63, 3.8) is 0 Å². The molecule has 1 fully saturated rings. The van der Waals surface area contributed by atoms with E-state index in [0.717, 1.165) is 11.4 Å². The second-order valence-electron chi connectivity index (χ2n) is 7.17. The molecule has 0 radical (unpaired) electrons. The van der Waals surface area contributed by atoms with Crippen molar-refractivity contribution >= 4 is 17.9 Å². The largest absolute Gasteiger partial charge is 0.328 e. The van der Waals surface area contributed by atoms with Gasteiger partial charge in [-0.25, -0.2) is 14.2 Å². The molecule has 0 saturated carbocycles. The van der Waals surface area contributed by atoms with Gasteiger partial charge in [-0.2, -0.15) is 0 Å². The number of hydrogen-bond acceptors (Lipinski definition) is 5. The van der Waals surface area contributed by atoms with Crippen molar-refractivity contribution in [3.05, 3.63) is 59.7 Å². The maximum Gasteiger partial charge on any atom is 0.328 e. The van der Waals surface area contributed by atoms with Gasteiger partial charge in [0.2, 0.25) is 5.96 Å². The van der Waals surface area contributed by atoms with Crippen LogP contribution in [0.3, 0.4) is 0 Å². The van der Waals surface area contributed by atoms with E-state index >= 15 is 0 Å². The normalized spacial score (nSPS) is 24.1. The first-order chi connectivity index (χ1) is 13.3. The Morgan fingerprint density at radius 3 is 2.46 bits per heavy atom. The maximum atomic E-state index is 13.3. The number of allylic oxidation sites excluding steroid dienone is 2. The second-order valence-corrected chi connectivity index (χ2v) is 7.17. The molecule has 7 nitrogen and oxygen atoms in total. The lowest BCUT2D eigenvalue weighted by Gasteiger charge is -2.40. The van der Waals surface area contributed by atoms with Gasteiger partial charge >= 0.3 is 6.03 Å². The molecule has 1 saturated heterocycles. The van der Waals surface area contributed by atoms with Gasteiger partial charge < -0.3 is 9.80 Å². The topological polar surface area (TPSA) is 59.5 Å². The molecule has 2 unspecified atom stereocenters. The molecule has 3 heterocycles. The van der Waals surface area contributed by atoms with Gasteiger partial charge in [-0.3, -0.25) is 14.6 Å². The van der Waals surface area contributed by atoms with Crippen molar-refractivity contribution < 1.29 is 14.0 Å². The average Bonchev–Trinajstić information content (AvgIpc) is 3.17. The summed E-state index contributed by atoms with van der Waals surface area (Å²) in [5.74, 6) is 0.00647. The zero-order chi connectivity index (χ0) is 20.2. The predicted octanol–water partition coefficient (Wildman–Crippen LogP) is 2.34. The number of nitrogens with zero attached hydrogens (tertiary/aromatic N) is 5. The highest BCUT2D eigenvalue weighted by atomic mass is 19.1. The van der Waals surface area contributed by atoms with Gasteiger partial charge in [0.25, 0.3) is 5.91 Å². The number of fused-ring (bicyclic) bond motifs is 3. The third-order valence-corrected chi connectivity index (χ3v) is 5.57. The summed E-state index contributed by atoms with van der Waals surface area (Å²) in [6.07, 6.45) is 1.21. The summed E-state index contributed by atoms with van der Waals surface area (Å²) < 4.78 is 13.2. The van der Waals surface area contributed by atoms with E-state index in [-0.39, 0.29) is 18.3 Å². The van der Waals surface area contributed by atoms with Crippen LogP contribution in [0.1, 0.15) is 19.4 Å². The van der Waals surface area contributed by atoms with Crippen molar-refractivity contribution in [2.75, 3.05) is 13.6 Å². The van der Waals surface area contributed by atoms with E-state index in [1.54, 1.807) is 25.3 Å². The molecule has 3 aliphatic rings. The molecule has 1 aromatic rings. The SMILES string of the molecule is C=CCN1C2=NC3C(C(=O)N(Cc4ccc(F)cc4)C(=O)N3C)N2C(C)=C1C. The lowest BCUT2D eigenvalue weighted by molar-refractivity contribution is -0.137. The van der Waals surface area contributed by atoms with Crippen LogP contribution in [-0.4, -0.2) is 63.3 Å². The van der Waals surface area contributed by atoms with Gasteiger partial charge in [0.1, 0.15) is 5.82 Å². The van der Waals surface area contributed by atoms with Gasteiger partial charge in [-0.05, 0) is 31.5 Å². The molecule has 4 rings (SSSR count). The molecule has 0 spiro atoms. The van der Waals surface area contributed by atoms with Gasteiger partial charge in [0, 0.05) is 25.0 Å². The van der Waals surface area contributed by atoms with E-state index in [4.69, 9.17) is 4.99 Å². The van der Waals surface area contributed by atoms with Crippen molar-refractivity contribution in [2.45, 2.75) is 32.6 Å². The average molecular weight is 383 g/mol. The fourth-order valence-corrected chi connectivity index (χ4v) is 3.95. The minimum atomic E-state index is -0.608. The Labute approximate surface area is 163 Å². The Kier molecular flexibility index (Phi) is 4.21. The Balaban J connectivity index is 1.67. The van der Waals surface area contributed by atoms with Crippen molar-refractivity contribution in [3.8, 4) is 0 Å². The first-order valence-electron chi connectivity index (χ1n) is 9.10. The van der Waals surface area contributed by atoms with Crippen LogP contribution in [0.4, 0.5) is 9.18 Å². The summed E-state index contributed by atoms with van der Waals surface area (Å²) in [4.78, 5) is 37.5. The number of aliphatic imine (C=N–C) groups is 1. The fourth-order valence-electron chi connectivity index (χ4n) is 3.95. The van der Waals surface area contributed by atoms with Gasteiger partial charge in [-0.15, -0.1) is 6.58 Å². The molecule has 8 heteroatoms. The first-order valence-corrected chi connectivity index (χ1v) is 9.10. The van der Waals surface area contributed by atoms with E-state index in [0.29, 0.717) is 18.1 Å². The maximum absolute atomic E-state index is 13.3. The van der Waals surface area contributed by atoms with Crippen molar-refractivity contribution in [1.82, 2.24) is 19.6 Å². The van der Waals surface area contributed by atoms with Crippen LogP contribution in [-0.2, 0) is 11.3 Å². The number of rotatable bonds is 4. The number of amides is 3. The number of urea groups is 1. The van der Waals surface area contributed by atoms with Gasteiger partial charge in [-0.1, -0.05) is 18.2 Å². The highest BCUT2D eigenvalue weighted by molar-refractivity contribution is 6.05. The number of guanidine groups is 1. The third-order valence-electron chi connectivity index (χ3n) is 5.57. The number of hydrogen-bond donors (Lipinski definition) is 0. The molecule has 146 valence electrons. The summed E-state index contributed by atoms with van der Waals surface area (Å²) >= 11 is 0. The Hall–Kier alpha value is -3.16. The molecule has 2 atom stereocenters.